The van der Waals surface area contributed by atoms with Crippen molar-refractivity contribution >= 4 is 43.6 Å². The van der Waals surface area contributed by atoms with Gasteiger partial charge in [-0.15, -0.1) is 0 Å². The van der Waals surface area contributed by atoms with E-state index in [9.17, 15) is 4.79 Å². The predicted molar refractivity (Wildman–Crippen MR) is 61.9 cm³/mol. The van der Waals surface area contributed by atoms with Crippen molar-refractivity contribution in [3.8, 4) is 0 Å². The Kier molecular flexibility index (Phi) is 4.29. The van der Waals surface area contributed by atoms with E-state index >= 15 is 0 Å². The molecule has 0 aliphatic carbocycles. The molecule has 1 aromatic rings. The molecule has 0 heterocycles. The minimum Gasteiger partial charge on any atom is -0.465 e. The van der Waals surface area contributed by atoms with Crippen molar-refractivity contribution in [1.82, 2.24) is 0 Å². The van der Waals surface area contributed by atoms with Crippen LogP contribution in [0, 0.1) is 6.92 Å². The average molecular weight is 296 g/mol. The molecule has 0 amide bonds. The second-order valence-corrected chi connectivity index (χ2v) is 4.61. The largest absolute Gasteiger partial charge is 0.465 e. The van der Waals surface area contributed by atoms with Crippen molar-refractivity contribution in [3.63, 3.8) is 0 Å². The van der Waals surface area contributed by atoms with Gasteiger partial charge in [0.05, 0.1) is 12.7 Å². The summed E-state index contributed by atoms with van der Waals surface area (Å²) in [6.45, 7) is 1.89. The fourth-order valence-corrected chi connectivity index (χ4v) is 2.69. The van der Waals surface area contributed by atoms with Crippen LogP contribution in [0.2, 0.25) is 0 Å². The van der Waals surface area contributed by atoms with Crippen LogP contribution in [-0.4, -0.2) is 13.1 Å². The van der Waals surface area contributed by atoms with E-state index in [1.54, 1.807) is 6.07 Å². The van der Waals surface area contributed by atoms with Gasteiger partial charge >= 0.3 is 5.97 Å². The van der Waals surface area contributed by atoms with Gasteiger partial charge in [0.1, 0.15) is 0 Å². The average Bonchev–Trinajstić information content (AvgIpc) is 2.15. The molecule has 0 saturated heterocycles. The number of aryl methyl sites for hydroxylation is 1. The van der Waals surface area contributed by atoms with Crippen LogP contribution < -0.4 is 0 Å². The highest BCUT2D eigenvalue weighted by molar-refractivity contribution is 9.10. The third-order valence-electron chi connectivity index (χ3n) is 1.72. The van der Waals surface area contributed by atoms with E-state index in [1.807, 2.05) is 13.0 Å². The summed E-state index contributed by atoms with van der Waals surface area (Å²) in [5.74, 6) is -0.377. The molecule has 0 spiro atoms. The lowest BCUT2D eigenvalue weighted by atomic mass is 10.1. The van der Waals surface area contributed by atoms with Crippen molar-refractivity contribution in [2.24, 2.45) is 0 Å². The van der Waals surface area contributed by atoms with E-state index in [0.29, 0.717) is 5.56 Å². The third kappa shape index (κ3) is 2.43. The third-order valence-corrected chi connectivity index (χ3v) is 3.34. The molecular formula is C9H8BrClO2S. The molecule has 0 aliphatic heterocycles. The Balaban J connectivity index is 3.32. The Morgan fingerprint density at radius 3 is 2.71 bits per heavy atom. The Bertz CT molecular complexity index is 368. The number of carbonyl (C=O) groups is 1. The van der Waals surface area contributed by atoms with E-state index in [0.717, 1.165) is 25.9 Å². The molecule has 0 aliphatic rings. The van der Waals surface area contributed by atoms with Crippen molar-refractivity contribution < 1.29 is 9.53 Å². The quantitative estimate of drug-likeness (QED) is 0.777. The second-order valence-electron chi connectivity index (χ2n) is 2.67. The molecule has 0 aromatic heterocycles. The lowest BCUT2D eigenvalue weighted by Gasteiger charge is -2.08. The zero-order valence-corrected chi connectivity index (χ0v) is 10.8. The summed E-state index contributed by atoms with van der Waals surface area (Å²) >= 11 is 3.31. The first-order chi connectivity index (χ1) is 6.60. The SMILES string of the molecule is COC(=O)c1cc(Br)cc(C)c1SCl. The van der Waals surface area contributed by atoms with Gasteiger partial charge in [-0.2, -0.15) is 0 Å². The van der Waals surface area contributed by atoms with Crippen molar-refractivity contribution in [1.29, 1.82) is 0 Å². The second kappa shape index (κ2) is 5.05. The van der Waals surface area contributed by atoms with Crippen molar-refractivity contribution in [3.05, 3.63) is 27.7 Å². The summed E-state index contributed by atoms with van der Waals surface area (Å²) in [6, 6.07) is 3.60. The molecule has 0 saturated carbocycles. The fourth-order valence-electron chi connectivity index (χ4n) is 1.09. The van der Waals surface area contributed by atoms with Gasteiger partial charge in [-0.3, -0.25) is 0 Å². The van der Waals surface area contributed by atoms with Crippen LogP contribution in [0.5, 0.6) is 0 Å². The molecule has 0 unspecified atom stereocenters. The molecule has 2 nitrogen and oxygen atoms in total. The van der Waals surface area contributed by atoms with Crippen molar-refractivity contribution in [2.45, 2.75) is 11.8 Å². The number of esters is 1. The number of hydrogen-bond donors (Lipinski definition) is 0. The van der Waals surface area contributed by atoms with Crippen molar-refractivity contribution in [2.75, 3.05) is 7.11 Å². The molecule has 76 valence electrons. The van der Waals surface area contributed by atoms with Crippen LogP contribution in [0.3, 0.4) is 0 Å². The highest BCUT2D eigenvalue weighted by Gasteiger charge is 2.14. The highest BCUT2D eigenvalue weighted by Crippen LogP contribution is 2.32. The molecule has 0 fully saturated rings. The monoisotopic (exact) mass is 294 g/mol. The number of benzene rings is 1. The van der Waals surface area contributed by atoms with E-state index < -0.39 is 0 Å². The zero-order chi connectivity index (χ0) is 10.7. The van der Waals surface area contributed by atoms with Gasteiger partial charge in [-0.05, 0) is 46.3 Å². The minimum absolute atomic E-state index is 0.377. The van der Waals surface area contributed by atoms with Gasteiger partial charge in [-0.1, -0.05) is 15.9 Å². The number of hydrogen-bond acceptors (Lipinski definition) is 3. The van der Waals surface area contributed by atoms with Gasteiger partial charge < -0.3 is 4.74 Å². The summed E-state index contributed by atoms with van der Waals surface area (Å²) in [5, 5.41) is 0. The van der Waals surface area contributed by atoms with Gasteiger partial charge in [0.15, 0.2) is 0 Å². The fraction of sp³-hybridized carbons (Fsp3) is 0.222. The first-order valence-electron chi connectivity index (χ1n) is 3.77. The molecule has 1 aromatic carbocycles. The molecular weight excluding hydrogens is 288 g/mol. The van der Waals surface area contributed by atoms with Gasteiger partial charge in [-0.25, -0.2) is 4.79 Å². The maximum Gasteiger partial charge on any atom is 0.339 e. The van der Waals surface area contributed by atoms with Crippen LogP contribution in [0.15, 0.2) is 21.5 Å². The van der Waals surface area contributed by atoms with Crippen LogP contribution in [0.25, 0.3) is 0 Å². The first kappa shape index (κ1) is 11.9. The van der Waals surface area contributed by atoms with E-state index in [4.69, 9.17) is 10.7 Å². The molecule has 0 bridgehead atoms. The van der Waals surface area contributed by atoms with E-state index in [1.165, 1.54) is 7.11 Å². The topological polar surface area (TPSA) is 26.3 Å². The summed E-state index contributed by atoms with van der Waals surface area (Å²) < 4.78 is 5.49. The Hall–Kier alpha value is -0.190. The lowest BCUT2D eigenvalue weighted by molar-refractivity contribution is 0.0596. The Morgan fingerprint density at radius 1 is 1.57 bits per heavy atom. The number of carbonyl (C=O) groups excluding carboxylic acids is 1. The molecule has 0 atom stereocenters. The Labute approximate surface area is 99.6 Å². The maximum atomic E-state index is 11.4. The maximum absolute atomic E-state index is 11.4. The lowest BCUT2D eigenvalue weighted by Crippen LogP contribution is -2.03. The standard InChI is InChI=1S/C9H8BrClO2S/c1-5-3-6(10)4-7(8(5)14-11)9(12)13-2/h3-4H,1-2H3. The summed E-state index contributed by atoms with van der Waals surface area (Å²) in [4.78, 5) is 12.1. The number of ether oxygens (including phenoxy) is 1. The van der Waals surface area contributed by atoms with Crippen LogP contribution in [-0.2, 0) is 4.74 Å². The zero-order valence-electron chi connectivity index (χ0n) is 7.64. The summed E-state index contributed by atoms with van der Waals surface area (Å²) in [6.07, 6.45) is 0. The molecule has 0 radical (unpaired) electrons. The molecule has 14 heavy (non-hydrogen) atoms. The molecule has 1 rings (SSSR count). The smallest absolute Gasteiger partial charge is 0.339 e. The van der Waals surface area contributed by atoms with Crippen LogP contribution in [0.1, 0.15) is 15.9 Å². The summed E-state index contributed by atoms with van der Waals surface area (Å²) in [7, 11) is 8.06. The highest BCUT2D eigenvalue weighted by atomic mass is 79.9. The van der Waals surface area contributed by atoms with Gasteiger partial charge in [0, 0.05) is 9.37 Å². The Morgan fingerprint density at radius 2 is 2.21 bits per heavy atom. The molecule has 0 N–H and O–H groups in total. The van der Waals surface area contributed by atoms with Gasteiger partial charge in [0.2, 0.25) is 0 Å². The van der Waals surface area contributed by atoms with Crippen LogP contribution in [0.4, 0.5) is 0 Å². The minimum atomic E-state index is -0.377. The van der Waals surface area contributed by atoms with Crippen LogP contribution >= 0.6 is 37.6 Å². The number of rotatable bonds is 2. The normalized spacial score (nSPS) is 10.0. The van der Waals surface area contributed by atoms with E-state index in [2.05, 4.69) is 20.7 Å². The molecule has 5 heteroatoms. The predicted octanol–water partition coefficient (Wildman–Crippen LogP) is 3.79. The number of methoxy groups -OCH3 is 1. The van der Waals surface area contributed by atoms with E-state index in [-0.39, 0.29) is 5.97 Å². The van der Waals surface area contributed by atoms with Gasteiger partial charge in [0.25, 0.3) is 0 Å². The summed E-state index contributed by atoms with van der Waals surface area (Å²) in [5.41, 5.74) is 1.43. The first-order valence-corrected chi connectivity index (χ1v) is 6.20. The number of halogens is 2.